The average Bonchev–Trinajstić information content (AvgIpc) is 3.65. The van der Waals surface area contributed by atoms with Crippen LogP contribution in [-0.2, 0) is 25.3 Å². The fourth-order valence-corrected chi connectivity index (χ4v) is 4.87. The van der Waals surface area contributed by atoms with E-state index in [1.807, 2.05) is 24.3 Å². The Morgan fingerprint density at radius 2 is 1.67 bits per heavy atom. The van der Waals surface area contributed by atoms with Crippen LogP contribution in [0, 0.1) is 11.6 Å². The van der Waals surface area contributed by atoms with Crippen molar-refractivity contribution in [3.8, 4) is 5.75 Å². The molecule has 1 atom stereocenters. The molecular weight excluding hydrogens is 538 g/mol. The van der Waals surface area contributed by atoms with E-state index in [0.29, 0.717) is 11.4 Å². The number of hydrogen-bond acceptors (Lipinski definition) is 6. The van der Waals surface area contributed by atoms with Crippen LogP contribution >= 0.6 is 0 Å². The molecule has 0 saturated carbocycles. The molecule has 0 spiro atoms. The highest BCUT2D eigenvalue weighted by Gasteiger charge is 2.34. The van der Waals surface area contributed by atoms with E-state index in [0.717, 1.165) is 24.1 Å². The summed E-state index contributed by atoms with van der Waals surface area (Å²) in [4.78, 5) is 3.88. The molecule has 2 aromatic carbocycles. The zero-order valence-corrected chi connectivity index (χ0v) is 24.2. The summed E-state index contributed by atoms with van der Waals surface area (Å²) < 4.78 is 36.9. The Bertz CT molecular complexity index is 1370. The maximum atomic E-state index is 14.7. The van der Waals surface area contributed by atoms with E-state index in [-0.39, 0.29) is 25.3 Å². The third-order valence-corrected chi connectivity index (χ3v) is 7.13. The third kappa shape index (κ3) is 9.58. The molecule has 0 aliphatic rings. The first kappa shape index (κ1) is 31.0. The summed E-state index contributed by atoms with van der Waals surface area (Å²) in [5.41, 5.74) is -0.228. The summed E-state index contributed by atoms with van der Waals surface area (Å²) in [6, 6.07) is 10.9. The first-order valence-electron chi connectivity index (χ1n) is 14.7. The molecule has 0 radical (unpaired) electrons. The van der Waals surface area contributed by atoms with Gasteiger partial charge in [-0.05, 0) is 36.6 Å². The first-order chi connectivity index (χ1) is 20.4. The Morgan fingerprint density at radius 1 is 0.929 bits per heavy atom. The summed E-state index contributed by atoms with van der Waals surface area (Å²) in [7, 11) is 0. The van der Waals surface area contributed by atoms with Crippen molar-refractivity contribution < 1.29 is 18.6 Å². The summed E-state index contributed by atoms with van der Waals surface area (Å²) in [5.74, 6) is -0.906. The summed E-state index contributed by atoms with van der Waals surface area (Å²) in [5, 5.41) is 23.7. The number of benzene rings is 2. The van der Waals surface area contributed by atoms with Crippen LogP contribution in [0.4, 0.5) is 8.78 Å². The highest BCUT2D eigenvalue weighted by atomic mass is 19.1. The highest BCUT2D eigenvalue weighted by molar-refractivity contribution is 5.50. The van der Waals surface area contributed by atoms with E-state index < -0.39 is 17.2 Å². The zero-order chi connectivity index (χ0) is 29.6. The van der Waals surface area contributed by atoms with Crippen LogP contribution in [0.5, 0.6) is 5.75 Å². The Hall–Kier alpha value is -3.92. The molecule has 10 heteroatoms. The van der Waals surface area contributed by atoms with Gasteiger partial charge >= 0.3 is 0 Å². The molecule has 8 nitrogen and oxygen atoms in total. The molecule has 0 bridgehead atoms. The molecule has 1 unspecified atom stereocenters. The van der Waals surface area contributed by atoms with Crippen LogP contribution in [0.1, 0.15) is 81.5 Å². The highest BCUT2D eigenvalue weighted by Crippen LogP contribution is 2.28. The average molecular weight is 579 g/mol. The van der Waals surface area contributed by atoms with Gasteiger partial charge in [0.2, 0.25) is 0 Å². The van der Waals surface area contributed by atoms with Crippen LogP contribution in [-0.4, -0.2) is 34.9 Å². The number of nitrogens with zero attached hydrogens (tertiary/aromatic N) is 6. The van der Waals surface area contributed by atoms with Crippen LogP contribution in [0.3, 0.4) is 0 Å². The zero-order valence-electron chi connectivity index (χ0n) is 24.2. The molecule has 42 heavy (non-hydrogen) atoms. The van der Waals surface area contributed by atoms with Gasteiger partial charge < -0.3 is 9.84 Å². The van der Waals surface area contributed by atoms with Crippen molar-refractivity contribution in [2.45, 2.75) is 90.0 Å². The summed E-state index contributed by atoms with van der Waals surface area (Å²) in [6.45, 7) is 2.14. The van der Waals surface area contributed by atoms with Crippen LogP contribution in [0.25, 0.3) is 6.08 Å². The Kier molecular flexibility index (Phi) is 11.8. The Morgan fingerprint density at radius 3 is 2.38 bits per heavy atom. The predicted molar refractivity (Wildman–Crippen MR) is 157 cm³/mol. The number of rotatable bonds is 18. The quantitative estimate of drug-likeness (QED) is 0.130. The third-order valence-electron chi connectivity index (χ3n) is 7.13. The normalized spacial score (nSPS) is 13.0. The molecule has 4 rings (SSSR count). The van der Waals surface area contributed by atoms with Crippen LogP contribution in [0.2, 0.25) is 0 Å². The van der Waals surface area contributed by atoms with Gasteiger partial charge in [-0.3, -0.25) is 0 Å². The van der Waals surface area contributed by atoms with Crippen molar-refractivity contribution in [2.75, 3.05) is 0 Å². The van der Waals surface area contributed by atoms with E-state index in [2.05, 4.69) is 39.5 Å². The molecule has 0 amide bonds. The second-order valence-electron chi connectivity index (χ2n) is 10.7. The number of hydrogen-bond donors (Lipinski definition) is 1. The van der Waals surface area contributed by atoms with Crippen molar-refractivity contribution in [3.05, 3.63) is 95.8 Å². The minimum absolute atomic E-state index is 0.0837. The maximum Gasteiger partial charge on any atom is 0.137 e. The van der Waals surface area contributed by atoms with Gasteiger partial charge in [0.15, 0.2) is 0 Å². The topological polar surface area (TPSA) is 90.9 Å². The molecule has 0 saturated heterocycles. The van der Waals surface area contributed by atoms with Crippen LogP contribution in [0.15, 0.2) is 67.4 Å². The number of aliphatic hydroxyl groups is 1. The largest absolute Gasteiger partial charge is 0.487 e. The second-order valence-corrected chi connectivity index (χ2v) is 10.7. The molecule has 2 heterocycles. The van der Waals surface area contributed by atoms with Crippen LogP contribution < -0.4 is 4.74 Å². The predicted octanol–water partition coefficient (Wildman–Crippen LogP) is 6.86. The van der Waals surface area contributed by atoms with E-state index >= 15 is 0 Å². The lowest BCUT2D eigenvalue weighted by Crippen LogP contribution is -2.37. The molecule has 224 valence electrons. The second kappa shape index (κ2) is 15.9. The van der Waals surface area contributed by atoms with Crippen molar-refractivity contribution in [2.24, 2.45) is 0 Å². The van der Waals surface area contributed by atoms with Gasteiger partial charge in [-0.15, -0.1) is 5.10 Å². The fourth-order valence-electron chi connectivity index (χ4n) is 4.87. The van der Waals surface area contributed by atoms with Gasteiger partial charge in [0.1, 0.15) is 47.9 Å². The van der Waals surface area contributed by atoms with Crippen molar-refractivity contribution in [1.29, 1.82) is 0 Å². The standard InChI is InChI=1S/C32H40F2N6O2/c1-2-3-4-5-6-7-8-9-10-11-12-26-13-16-29(17-14-26)42-21-28-20-39(38-37-28)22-32(41,23-40-25-35-24-36-40)30-18-15-27(33)19-31(30)34/h11-20,24-25,41H,2-10,21-23H2,1H3/b12-11+. The number of unbranched alkanes of at least 4 members (excludes halogenated alkanes) is 8. The lowest BCUT2D eigenvalue weighted by atomic mass is 9.93. The Labute approximate surface area is 246 Å². The van der Waals surface area contributed by atoms with Gasteiger partial charge in [-0.2, -0.15) is 5.10 Å². The molecule has 0 aliphatic carbocycles. The van der Waals surface area contributed by atoms with E-state index in [1.165, 1.54) is 79.5 Å². The number of halogens is 2. The number of allylic oxidation sites excluding steroid dienone is 1. The number of aromatic nitrogens is 6. The van der Waals surface area contributed by atoms with E-state index in [4.69, 9.17) is 4.74 Å². The molecule has 0 aliphatic heterocycles. The minimum Gasteiger partial charge on any atom is -0.487 e. The molecule has 2 aromatic heterocycles. The fraction of sp³-hybridized carbons (Fsp3) is 0.438. The van der Waals surface area contributed by atoms with Gasteiger partial charge in [0, 0.05) is 11.6 Å². The maximum absolute atomic E-state index is 14.7. The lowest BCUT2D eigenvalue weighted by Gasteiger charge is -2.28. The van der Waals surface area contributed by atoms with E-state index in [9.17, 15) is 13.9 Å². The van der Waals surface area contributed by atoms with Crippen molar-refractivity contribution in [1.82, 2.24) is 29.8 Å². The number of ether oxygens (including phenoxy) is 1. The van der Waals surface area contributed by atoms with Gasteiger partial charge in [0.25, 0.3) is 0 Å². The monoisotopic (exact) mass is 578 g/mol. The Balaban J connectivity index is 1.26. The van der Waals surface area contributed by atoms with E-state index in [1.54, 1.807) is 6.20 Å². The smallest absolute Gasteiger partial charge is 0.137 e. The summed E-state index contributed by atoms with van der Waals surface area (Å²) in [6.07, 6.45) is 20.4. The van der Waals surface area contributed by atoms with Crippen molar-refractivity contribution >= 4 is 6.08 Å². The van der Waals surface area contributed by atoms with Gasteiger partial charge in [-0.25, -0.2) is 23.1 Å². The lowest BCUT2D eigenvalue weighted by molar-refractivity contribution is -0.00892. The SMILES string of the molecule is CCCCCCCCCC/C=C/c1ccc(OCc2cn(CC(O)(Cn3cncn3)c3ccc(F)cc3F)nn2)cc1. The minimum atomic E-state index is -1.80. The first-order valence-corrected chi connectivity index (χ1v) is 14.7. The molecule has 4 aromatic rings. The van der Waals surface area contributed by atoms with Crippen molar-refractivity contribution in [3.63, 3.8) is 0 Å². The van der Waals surface area contributed by atoms with Gasteiger partial charge in [-0.1, -0.05) is 87.4 Å². The molecule has 0 fully saturated rings. The summed E-state index contributed by atoms with van der Waals surface area (Å²) >= 11 is 0. The molecular formula is C32H40F2N6O2. The molecule has 1 N–H and O–H groups in total. The van der Waals surface area contributed by atoms with Gasteiger partial charge in [0.05, 0.1) is 19.3 Å².